The van der Waals surface area contributed by atoms with Crippen LogP contribution in [0.2, 0.25) is 0 Å². The lowest BCUT2D eigenvalue weighted by molar-refractivity contribution is 0.401. The van der Waals surface area contributed by atoms with Gasteiger partial charge in [0.2, 0.25) is 0 Å². The molecule has 0 radical (unpaired) electrons. The Kier molecular flexibility index (Phi) is 3.98. The lowest BCUT2D eigenvalue weighted by atomic mass is 9.70. The summed E-state index contributed by atoms with van der Waals surface area (Å²) in [6.07, 6.45) is 2.47. The number of ether oxygens (including phenoxy) is 1. The zero-order valence-corrected chi connectivity index (χ0v) is 12.8. The Labute approximate surface area is 127 Å². The van der Waals surface area contributed by atoms with Crippen LogP contribution >= 0.6 is 0 Å². The van der Waals surface area contributed by atoms with Crippen LogP contribution < -0.4 is 10.1 Å². The molecule has 0 aromatic heterocycles. The van der Waals surface area contributed by atoms with Crippen molar-refractivity contribution in [2.75, 3.05) is 13.7 Å². The van der Waals surface area contributed by atoms with Crippen LogP contribution in [0.3, 0.4) is 0 Å². The first-order valence-electron chi connectivity index (χ1n) is 7.68. The molecule has 2 nitrogen and oxygen atoms in total. The molecule has 2 unspecified atom stereocenters. The molecule has 2 heteroatoms. The first-order valence-corrected chi connectivity index (χ1v) is 7.68. The van der Waals surface area contributed by atoms with E-state index in [0.29, 0.717) is 6.04 Å². The molecule has 1 aliphatic rings. The summed E-state index contributed by atoms with van der Waals surface area (Å²) < 4.78 is 5.30. The van der Waals surface area contributed by atoms with Gasteiger partial charge in [0.25, 0.3) is 0 Å². The second-order valence-electron chi connectivity index (χ2n) is 5.95. The van der Waals surface area contributed by atoms with Gasteiger partial charge in [0.15, 0.2) is 0 Å². The van der Waals surface area contributed by atoms with Gasteiger partial charge >= 0.3 is 0 Å². The van der Waals surface area contributed by atoms with E-state index in [9.17, 15) is 0 Å². The predicted molar refractivity (Wildman–Crippen MR) is 86.9 cm³/mol. The lowest BCUT2D eigenvalue weighted by Crippen LogP contribution is -2.43. The maximum Gasteiger partial charge on any atom is 0.118 e. The Morgan fingerprint density at radius 1 is 1.00 bits per heavy atom. The van der Waals surface area contributed by atoms with E-state index in [1.165, 1.54) is 24.0 Å². The third-order valence-electron chi connectivity index (χ3n) is 4.82. The molecule has 1 aliphatic heterocycles. The number of rotatable bonds is 4. The van der Waals surface area contributed by atoms with Crippen LogP contribution in [0, 0.1) is 0 Å². The van der Waals surface area contributed by atoms with Crippen LogP contribution in [0.1, 0.15) is 30.9 Å². The highest BCUT2D eigenvalue weighted by Gasteiger charge is 2.38. The lowest BCUT2D eigenvalue weighted by Gasteiger charge is -2.37. The Morgan fingerprint density at radius 2 is 1.67 bits per heavy atom. The largest absolute Gasteiger partial charge is 0.497 e. The van der Waals surface area contributed by atoms with Crippen molar-refractivity contribution < 1.29 is 4.74 Å². The first-order chi connectivity index (χ1) is 10.2. The summed E-state index contributed by atoms with van der Waals surface area (Å²) in [6.45, 7) is 3.47. The van der Waals surface area contributed by atoms with E-state index in [2.05, 4.69) is 66.8 Å². The second kappa shape index (κ2) is 5.90. The van der Waals surface area contributed by atoms with Gasteiger partial charge in [-0.2, -0.15) is 0 Å². The van der Waals surface area contributed by atoms with Crippen molar-refractivity contribution in [1.29, 1.82) is 0 Å². The highest BCUT2D eigenvalue weighted by Crippen LogP contribution is 2.39. The number of hydrogen-bond donors (Lipinski definition) is 1. The summed E-state index contributed by atoms with van der Waals surface area (Å²) in [5, 5.41) is 3.69. The van der Waals surface area contributed by atoms with Gasteiger partial charge in [-0.15, -0.1) is 0 Å². The molecular formula is C19H23NO. The zero-order chi connectivity index (χ0) is 14.7. The Hall–Kier alpha value is -1.80. The van der Waals surface area contributed by atoms with Gasteiger partial charge in [0.1, 0.15) is 5.75 Å². The van der Waals surface area contributed by atoms with Crippen LogP contribution in [0.25, 0.3) is 0 Å². The van der Waals surface area contributed by atoms with Gasteiger partial charge < -0.3 is 10.1 Å². The van der Waals surface area contributed by atoms with Gasteiger partial charge in [-0.05, 0) is 49.6 Å². The minimum atomic E-state index is -0.00989. The fraction of sp³-hybridized carbons (Fsp3) is 0.368. The number of benzene rings is 2. The molecule has 1 saturated heterocycles. The molecule has 21 heavy (non-hydrogen) atoms. The van der Waals surface area contributed by atoms with E-state index >= 15 is 0 Å². The zero-order valence-electron chi connectivity index (χ0n) is 12.8. The normalized spacial score (nSPS) is 21.0. The molecule has 1 heterocycles. The third kappa shape index (κ3) is 2.56. The number of methoxy groups -OCH3 is 1. The molecular weight excluding hydrogens is 258 g/mol. The summed E-state index contributed by atoms with van der Waals surface area (Å²) in [7, 11) is 1.71. The van der Waals surface area contributed by atoms with Crippen molar-refractivity contribution in [1.82, 2.24) is 5.32 Å². The van der Waals surface area contributed by atoms with Gasteiger partial charge in [0, 0.05) is 11.5 Å². The Morgan fingerprint density at radius 3 is 2.24 bits per heavy atom. The van der Waals surface area contributed by atoms with Crippen molar-refractivity contribution >= 4 is 0 Å². The Balaban J connectivity index is 2.06. The fourth-order valence-electron chi connectivity index (χ4n) is 3.47. The van der Waals surface area contributed by atoms with E-state index in [0.717, 1.165) is 12.3 Å². The van der Waals surface area contributed by atoms with Gasteiger partial charge in [0.05, 0.1) is 7.11 Å². The van der Waals surface area contributed by atoms with Crippen LogP contribution in [0.15, 0.2) is 54.6 Å². The molecule has 1 N–H and O–H groups in total. The standard InChI is InChI=1S/C19H23NO/c1-19(18-9-6-14-20-18,15-7-4-3-5-8-15)16-10-12-17(21-2)13-11-16/h3-5,7-8,10-13,18,20H,6,9,14H2,1-2H3. The molecule has 2 aromatic carbocycles. The highest BCUT2D eigenvalue weighted by molar-refractivity contribution is 5.43. The quantitative estimate of drug-likeness (QED) is 0.921. The summed E-state index contributed by atoms with van der Waals surface area (Å²) in [6, 6.07) is 19.8. The first kappa shape index (κ1) is 14.2. The molecule has 2 atom stereocenters. The van der Waals surface area contributed by atoms with E-state index in [-0.39, 0.29) is 5.41 Å². The van der Waals surface area contributed by atoms with Gasteiger partial charge in [-0.25, -0.2) is 0 Å². The number of nitrogens with one attached hydrogen (secondary N) is 1. The maximum atomic E-state index is 5.30. The molecule has 0 spiro atoms. The SMILES string of the molecule is COc1ccc(C(C)(c2ccccc2)C2CCCN2)cc1. The summed E-state index contributed by atoms with van der Waals surface area (Å²) in [4.78, 5) is 0. The second-order valence-corrected chi connectivity index (χ2v) is 5.95. The topological polar surface area (TPSA) is 21.3 Å². The van der Waals surface area contributed by atoms with Crippen LogP contribution in [-0.4, -0.2) is 19.7 Å². The summed E-state index contributed by atoms with van der Waals surface area (Å²) in [5.74, 6) is 0.911. The molecule has 0 amide bonds. The predicted octanol–water partition coefficient (Wildman–Crippen LogP) is 3.75. The molecule has 1 fully saturated rings. The highest BCUT2D eigenvalue weighted by atomic mass is 16.5. The minimum absolute atomic E-state index is 0.00989. The van der Waals surface area contributed by atoms with Gasteiger partial charge in [-0.3, -0.25) is 0 Å². The van der Waals surface area contributed by atoms with E-state index in [1.807, 2.05) is 0 Å². The molecule has 0 aliphatic carbocycles. The Bertz CT molecular complexity index is 572. The van der Waals surface area contributed by atoms with Crippen molar-refractivity contribution in [3.8, 4) is 5.75 Å². The maximum absolute atomic E-state index is 5.30. The van der Waals surface area contributed by atoms with E-state index in [4.69, 9.17) is 4.74 Å². The fourth-order valence-corrected chi connectivity index (χ4v) is 3.47. The number of hydrogen-bond acceptors (Lipinski definition) is 2. The molecule has 2 aromatic rings. The molecule has 0 bridgehead atoms. The third-order valence-corrected chi connectivity index (χ3v) is 4.82. The van der Waals surface area contributed by atoms with E-state index in [1.54, 1.807) is 7.11 Å². The van der Waals surface area contributed by atoms with Crippen molar-refractivity contribution in [2.45, 2.75) is 31.2 Å². The summed E-state index contributed by atoms with van der Waals surface area (Å²) in [5.41, 5.74) is 2.70. The monoisotopic (exact) mass is 281 g/mol. The minimum Gasteiger partial charge on any atom is -0.497 e. The van der Waals surface area contributed by atoms with Crippen LogP contribution in [0.5, 0.6) is 5.75 Å². The van der Waals surface area contributed by atoms with Crippen molar-refractivity contribution in [3.63, 3.8) is 0 Å². The smallest absolute Gasteiger partial charge is 0.118 e. The van der Waals surface area contributed by atoms with Crippen LogP contribution in [0.4, 0.5) is 0 Å². The average Bonchev–Trinajstić information content (AvgIpc) is 3.10. The molecule has 3 rings (SSSR count). The molecule has 110 valence electrons. The van der Waals surface area contributed by atoms with Gasteiger partial charge in [-0.1, -0.05) is 42.5 Å². The van der Waals surface area contributed by atoms with Crippen LogP contribution in [-0.2, 0) is 5.41 Å². The van der Waals surface area contributed by atoms with Crippen molar-refractivity contribution in [3.05, 3.63) is 65.7 Å². The average molecular weight is 281 g/mol. The molecule has 0 saturated carbocycles. The van der Waals surface area contributed by atoms with E-state index < -0.39 is 0 Å². The summed E-state index contributed by atoms with van der Waals surface area (Å²) >= 11 is 0. The van der Waals surface area contributed by atoms with Crippen molar-refractivity contribution in [2.24, 2.45) is 0 Å².